The number of carbonyl (C=O) groups excluding carboxylic acids is 1. The van der Waals surface area contributed by atoms with Crippen molar-refractivity contribution in [3.05, 3.63) is 83.0 Å². The van der Waals surface area contributed by atoms with Gasteiger partial charge in [0.2, 0.25) is 0 Å². The molecule has 0 radical (unpaired) electrons. The molecule has 1 N–H and O–H groups in total. The number of hydrogen-bond donors (Lipinski definition) is 1. The van der Waals surface area contributed by atoms with E-state index in [-0.39, 0.29) is 6.61 Å². The van der Waals surface area contributed by atoms with Crippen LogP contribution in [-0.4, -0.2) is 37.6 Å². The van der Waals surface area contributed by atoms with E-state index in [1.54, 1.807) is 0 Å². The first-order chi connectivity index (χ1) is 23.1. The molecule has 270 valence electrons. The lowest BCUT2D eigenvalue weighted by atomic mass is 9.79. The van der Waals surface area contributed by atoms with Gasteiger partial charge in [-0.05, 0) is 129 Å². The Morgan fingerprint density at radius 1 is 0.755 bits per heavy atom. The molecule has 0 bridgehead atoms. The fourth-order valence-corrected chi connectivity index (χ4v) is 5.37. The van der Waals surface area contributed by atoms with Gasteiger partial charge in [-0.25, -0.2) is 4.79 Å². The molecule has 1 heterocycles. The third kappa shape index (κ3) is 14.1. The molecule has 8 heteroatoms. The topological polar surface area (TPSA) is 75.3 Å². The van der Waals surface area contributed by atoms with E-state index in [9.17, 15) is 4.79 Å². The van der Waals surface area contributed by atoms with Crippen molar-refractivity contribution in [3.63, 3.8) is 0 Å². The predicted octanol–water partition coefficient (Wildman–Crippen LogP) is 10.3. The van der Waals surface area contributed by atoms with Crippen molar-refractivity contribution in [1.29, 1.82) is 0 Å². The summed E-state index contributed by atoms with van der Waals surface area (Å²) in [6, 6.07) is 15.4. The summed E-state index contributed by atoms with van der Waals surface area (Å²) in [6.45, 7) is 22.7. The quantitative estimate of drug-likeness (QED) is 0.0908. The Hall–Kier alpha value is -2.91. The molecule has 1 saturated heterocycles. The zero-order chi connectivity index (χ0) is 36.0. The van der Waals surface area contributed by atoms with Crippen LogP contribution in [-0.2, 0) is 30.1 Å². The maximum atomic E-state index is 12.6. The second-order valence-corrected chi connectivity index (χ2v) is 15.2. The van der Waals surface area contributed by atoms with Crippen LogP contribution in [0.15, 0.2) is 71.8 Å². The van der Waals surface area contributed by atoms with Crippen LogP contribution in [0.25, 0.3) is 0 Å². The lowest BCUT2D eigenvalue weighted by molar-refractivity contribution is -0.151. The first kappa shape index (κ1) is 40.5. The molecule has 49 heavy (non-hydrogen) atoms. The van der Waals surface area contributed by atoms with Gasteiger partial charge in [0.15, 0.2) is 6.29 Å². The van der Waals surface area contributed by atoms with Gasteiger partial charge in [0.25, 0.3) is 0 Å². The second kappa shape index (κ2) is 19.5. The molecule has 2 aromatic rings. The minimum atomic E-state index is -0.518. The Labute approximate surface area is 297 Å². The van der Waals surface area contributed by atoms with Crippen molar-refractivity contribution in [2.75, 3.05) is 18.5 Å². The number of ether oxygens (including phenoxy) is 3. The van der Waals surface area contributed by atoms with Crippen LogP contribution < -0.4 is 10.8 Å². The molecule has 1 amide bonds. The van der Waals surface area contributed by atoms with Gasteiger partial charge in [-0.2, -0.15) is 0 Å². The number of hydrogen-bond acceptors (Lipinski definition) is 6. The Morgan fingerprint density at radius 3 is 1.71 bits per heavy atom. The van der Waals surface area contributed by atoms with Crippen molar-refractivity contribution < 1.29 is 28.3 Å². The number of nitrogens with one attached hydrogen (secondary N) is 1. The SMILES string of the molecule is CC(C)=CCCC(C)CCOC(OCCC(C)CCC=C(C)C)c1ccc(NC(=O)OCc2ccc(B3OC(C)(C)C(C)(C)O3)cc2)cc1. The minimum absolute atomic E-state index is 0.150. The lowest BCUT2D eigenvalue weighted by Crippen LogP contribution is -2.41. The summed E-state index contributed by atoms with van der Waals surface area (Å²) in [6.07, 6.45) is 10.1. The summed E-state index contributed by atoms with van der Waals surface area (Å²) in [5.74, 6) is 1.13. The molecular formula is C41H62BNO6. The molecule has 2 atom stereocenters. The average molecular weight is 676 g/mol. The van der Waals surface area contributed by atoms with Crippen LogP contribution in [0.4, 0.5) is 10.5 Å². The molecular weight excluding hydrogens is 613 g/mol. The molecule has 1 aliphatic heterocycles. The number of benzene rings is 2. The maximum Gasteiger partial charge on any atom is 0.494 e. The van der Waals surface area contributed by atoms with Crippen LogP contribution >= 0.6 is 0 Å². The highest BCUT2D eigenvalue weighted by molar-refractivity contribution is 6.62. The number of allylic oxidation sites excluding steroid dienone is 4. The highest BCUT2D eigenvalue weighted by atomic mass is 16.7. The van der Waals surface area contributed by atoms with E-state index in [4.69, 9.17) is 23.5 Å². The normalized spacial score (nSPS) is 16.8. The van der Waals surface area contributed by atoms with E-state index < -0.39 is 30.7 Å². The zero-order valence-corrected chi connectivity index (χ0v) is 31.9. The highest BCUT2D eigenvalue weighted by Gasteiger charge is 2.51. The standard InChI is InChI=1S/C41H62BNO6/c1-30(2)13-11-15-32(5)25-27-45-38(46-28-26-33(6)16-12-14-31(3)4)35-19-23-37(24-20-35)43-39(44)47-29-34-17-21-36(22-18-34)42-48-40(7,8)41(9,10)49-42/h13-14,17-24,32-33,38H,11-12,15-16,25-29H2,1-10H3,(H,43,44). The summed E-state index contributed by atoms with van der Waals surface area (Å²) in [7, 11) is -0.427. The van der Waals surface area contributed by atoms with Crippen LogP contribution in [0, 0.1) is 11.8 Å². The summed E-state index contributed by atoms with van der Waals surface area (Å²) in [4.78, 5) is 12.6. The van der Waals surface area contributed by atoms with Gasteiger partial charge in [-0.1, -0.05) is 73.5 Å². The summed E-state index contributed by atoms with van der Waals surface area (Å²) >= 11 is 0. The largest absolute Gasteiger partial charge is 0.494 e. The molecule has 1 fully saturated rings. The smallest absolute Gasteiger partial charge is 0.444 e. The summed E-state index contributed by atoms with van der Waals surface area (Å²) < 4.78 is 30.4. The zero-order valence-electron chi connectivity index (χ0n) is 31.9. The first-order valence-electron chi connectivity index (χ1n) is 18.1. The minimum Gasteiger partial charge on any atom is -0.444 e. The number of anilines is 1. The Kier molecular flexibility index (Phi) is 16.1. The fourth-order valence-electron chi connectivity index (χ4n) is 5.37. The number of carbonyl (C=O) groups is 1. The van der Waals surface area contributed by atoms with E-state index in [1.807, 2.05) is 76.2 Å². The van der Waals surface area contributed by atoms with Crippen molar-refractivity contribution in [3.8, 4) is 0 Å². The molecule has 2 aromatic carbocycles. The molecule has 3 rings (SSSR count). The van der Waals surface area contributed by atoms with Gasteiger partial charge in [-0.3, -0.25) is 5.32 Å². The van der Waals surface area contributed by atoms with E-state index in [0.29, 0.717) is 30.7 Å². The van der Waals surface area contributed by atoms with E-state index >= 15 is 0 Å². The third-order valence-corrected chi connectivity index (χ3v) is 9.49. The van der Waals surface area contributed by atoms with Crippen LogP contribution in [0.3, 0.4) is 0 Å². The Morgan fingerprint density at radius 2 is 1.24 bits per heavy atom. The number of rotatable bonds is 19. The molecule has 2 unspecified atom stereocenters. The van der Waals surface area contributed by atoms with Crippen LogP contribution in [0.1, 0.15) is 125 Å². The van der Waals surface area contributed by atoms with Crippen LogP contribution in [0.2, 0.25) is 0 Å². The highest BCUT2D eigenvalue weighted by Crippen LogP contribution is 2.36. The van der Waals surface area contributed by atoms with Gasteiger partial charge in [0.1, 0.15) is 6.61 Å². The van der Waals surface area contributed by atoms with Crippen molar-refractivity contribution in [2.45, 2.75) is 132 Å². The van der Waals surface area contributed by atoms with Gasteiger partial charge in [0, 0.05) is 11.3 Å². The molecule has 1 aliphatic rings. The molecule has 0 aromatic heterocycles. The lowest BCUT2D eigenvalue weighted by Gasteiger charge is -2.32. The first-order valence-corrected chi connectivity index (χ1v) is 18.1. The average Bonchev–Trinajstić information content (AvgIpc) is 3.25. The molecule has 7 nitrogen and oxygen atoms in total. The van der Waals surface area contributed by atoms with Crippen molar-refractivity contribution in [1.82, 2.24) is 0 Å². The van der Waals surface area contributed by atoms with Crippen molar-refractivity contribution >= 4 is 24.4 Å². The maximum absolute atomic E-state index is 12.6. The Balaban J connectivity index is 1.51. The predicted molar refractivity (Wildman–Crippen MR) is 202 cm³/mol. The van der Waals surface area contributed by atoms with Crippen LogP contribution in [0.5, 0.6) is 0 Å². The van der Waals surface area contributed by atoms with Gasteiger partial charge < -0.3 is 23.5 Å². The summed E-state index contributed by atoms with van der Waals surface area (Å²) in [5, 5.41) is 2.83. The van der Waals surface area contributed by atoms with Crippen molar-refractivity contribution in [2.24, 2.45) is 11.8 Å². The van der Waals surface area contributed by atoms with Gasteiger partial charge in [-0.15, -0.1) is 0 Å². The fraction of sp³-hybridized carbons (Fsp3) is 0.585. The van der Waals surface area contributed by atoms with E-state index in [0.717, 1.165) is 55.1 Å². The molecule has 0 spiro atoms. The van der Waals surface area contributed by atoms with Gasteiger partial charge in [0.05, 0.1) is 24.4 Å². The Bertz CT molecular complexity index is 1290. The summed E-state index contributed by atoms with van der Waals surface area (Å²) in [5.41, 5.74) is 5.31. The molecule has 0 aliphatic carbocycles. The third-order valence-electron chi connectivity index (χ3n) is 9.49. The monoisotopic (exact) mass is 675 g/mol. The van der Waals surface area contributed by atoms with E-state index in [1.165, 1.54) is 11.1 Å². The molecule has 0 saturated carbocycles. The number of amides is 1. The van der Waals surface area contributed by atoms with E-state index in [2.05, 4.69) is 59.0 Å². The second-order valence-electron chi connectivity index (χ2n) is 15.2. The van der Waals surface area contributed by atoms with Gasteiger partial charge >= 0.3 is 13.2 Å².